The van der Waals surface area contributed by atoms with Crippen molar-refractivity contribution in [3.63, 3.8) is 0 Å². The van der Waals surface area contributed by atoms with Gasteiger partial charge in [-0.05, 0) is 25.0 Å². The highest BCUT2D eigenvalue weighted by Gasteiger charge is 2.48. The van der Waals surface area contributed by atoms with Crippen LogP contribution in [0.3, 0.4) is 0 Å². The highest BCUT2D eigenvalue weighted by Crippen LogP contribution is 2.38. The molecule has 0 bridgehead atoms. The minimum atomic E-state index is -0.487. The highest BCUT2D eigenvalue weighted by molar-refractivity contribution is 6.30. The van der Waals surface area contributed by atoms with Gasteiger partial charge in [0.25, 0.3) is 5.69 Å². The number of nitrogens with zero attached hydrogens (tertiary/aromatic N) is 2. The molecule has 7 nitrogen and oxygen atoms in total. The van der Waals surface area contributed by atoms with Crippen LogP contribution in [0.2, 0.25) is 0 Å². The van der Waals surface area contributed by atoms with Crippen LogP contribution in [0.15, 0.2) is 35.4 Å². The monoisotopic (exact) mass is 335 g/mol. The molecule has 3 rings (SSSR count). The zero-order valence-electron chi connectivity index (χ0n) is 12.1. The van der Waals surface area contributed by atoms with E-state index in [1.807, 2.05) is 0 Å². The molecule has 1 aromatic carbocycles. The SMILES string of the molecule is O=C1[C@@H]2CC=C(Cl)C[C@H]2C(=O)N1CNc1ccc([N+](=O)[O-])cc1. The second-order valence-electron chi connectivity index (χ2n) is 5.55. The van der Waals surface area contributed by atoms with Gasteiger partial charge in [-0.2, -0.15) is 0 Å². The number of fused-ring (bicyclic) bond motifs is 1. The van der Waals surface area contributed by atoms with Gasteiger partial charge < -0.3 is 5.32 Å². The second kappa shape index (κ2) is 6.00. The number of rotatable bonds is 4. The number of benzene rings is 1. The molecule has 2 amide bonds. The molecule has 23 heavy (non-hydrogen) atoms. The number of anilines is 1. The number of likely N-dealkylation sites (tertiary alicyclic amines) is 1. The van der Waals surface area contributed by atoms with Crippen LogP contribution in [-0.2, 0) is 9.59 Å². The normalized spacial score (nSPS) is 23.5. The molecular weight excluding hydrogens is 322 g/mol. The Morgan fingerprint density at radius 2 is 1.87 bits per heavy atom. The topological polar surface area (TPSA) is 92.6 Å². The van der Waals surface area contributed by atoms with E-state index in [0.717, 1.165) is 0 Å². The fourth-order valence-electron chi connectivity index (χ4n) is 2.92. The van der Waals surface area contributed by atoms with Gasteiger partial charge in [-0.15, -0.1) is 0 Å². The van der Waals surface area contributed by atoms with Gasteiger partial charge in [0.05, 0.1) is 23.4 Å². The van der Waals surface area contributed by atoms with Crippen molar-refractivity contribution < 1.29 is 14.5 Å². The maximum atomic E-state index is 12.4. The zero-order chi connectivity index (χ0) is 16.6. The van der Waals surface area contributed by atoms with Crippen molar-refractivity contribution in [1.82, 2.24) is 4.90 Å². The number of nitrogens with one attached hydrogen (secondary N) is 1. The molecular formula is C15H14ClN3O4. The van der Waals surface area contributed by atoms with Crippen LogP contribution < -0.4 is 5.32 Å². The number of halogens is 1. The molecule has 0 spiro atoms. The maximum Gasteiger partial charge on any atom is 0.269 e. The van der Waals surface area contributed by atoms with Gasteiger partial charge in [-0.1, -0.05) is 17.7 Å². The number of hydrogen-bond donors (Lipinski definition) is 1. The Balaban J connectivity index is 1.66. The fraction of sp³-hybridized carbons (Fsp3) is 0.333. The molecule has 1 heterocycles. The van der Waals surface area contributed by atoms with Crippen LogP contribution in [0.1, 0.15) is 12.8 Å². The van der Waals surface area contributed by atoms with E-state index in [-0.39, 0.29) is 36.0 Å². The zero-order valence-corrected chi connectivity index (χ0v) is 12.8. The minimum Gasteiger partial charge on any atom is -0.367 e. The Morgan fingerprint density at radius 3 is 2.52 bits per heavy atom. The van der Waals surface area contributed by atoms with Crippen LogP contribution in [0.4, 0.5) is 11.4 Å². The first-order valence-electron chi connectivity index (χ1n) is 7.15. The third kappa shape index (κ3) is 2.92. The Labute approximate surface area is 137 Å². The van der Waals surface area contributed by atoms with E-state index < -0.39 is 4.92 Å². The van der Waals surface area contributed by atoms with E-state index in [0.29, 0.717) is 23.6 Å². The number of amides is 2. The predicted molar refractivity (Wildman–Crippen MR) is 83.6 cm³/mol. The van der Waals surface area contributed by atoms with Crippen molar-refractivity contribution in [1.29, 1.82) is 0 Å². The number of allylic oxidation sites excluding steroid dienone is 2. The fourth-order valence-corrected chi connectivity index (χ4v) is 3.18. The average Bonchev–Trinajstić information content (AvgIpc) is 2.77. The molecule has 1 N–H and O–H groups in total. The minimum absolute atomic E-state index is 0.0180. The van der Waals surface area contributed by atoms with Crippen molar-refractivity contribution in [2.75, 3.05) is 12.0 Å². The maximum absolute atomic E-state index is 12.4. The Hall–Kier alpha value is -2.41. The van der Waals surface area contributed by atoms with Gasteiger partial charge in [0.15, 0.2) is 0 Å². The first-order valence-corrected chi connectivity index (χ1v) is 7.53. The van der Waals surface area contributed by atoms with E-state index in [2.05, 4.69) is 5.32 Å². The summed E-state index contributed by atoms with van der Waals surface area (Å²) in [5.74, 6) is -1.13. The van der Waals surface area contributed by atoms with Crippen LogP contribution in [0.25, 0.3) is 0 Å². The van der Waals surface area contributed by atoms with E-state index in [9.17, 15) is 19.7 Å². The number of carbonyl (C=O) groups is 2. The van der Waals surface area contributed by atoms with Crippen LogP contribution in [-0.4, -0.2) is 28.3 Å². The van der Waals surface area contributed by atoms with Crippen molar-refractivity contribution in [3.05, 3.63) is 45.5 Å². The molecule has 0 saturated carbocycles. The van der Waals surface area contributed by atoms with Gasteiger partial charge in [0, 0.05) is 22.9 Å². The molecule has 1 fully saturated rings. The third-order valence-corrected chi connectivity index (χ3v) is 4.49. The molecule has 0 radical (unpaired) electrons. The molecule has 1 saturated heterocycles. The van der Waals surface area contributed by atoms with Crippen molar-refractivity contribution in [2.24, 2.45) is 11.8 Å². The van der Waals surface area contributed by atoms with Gasteiger partial charge in [-0.3, -0.25) is 24.6 Å². The molecule has 1 aliphatic heterocycles. The summed E-state index contributed by atoms with van der Waals surface area (Å²) in [7, 11) is 0. The quantitative estimate of drug-likeness (QED) is 0.518. The molecule has 1 aromatic rings. The van der Waals surface area contributed by atoms with E-state index >= 15 is 0 Å². The smallest absolute Gasteiger partial charge is 0.269 e. The summed E-state index contributed by atoms with van der Waals surface area (Å²) in [5, 5.41) is 14.2. The summed E-state index contributed by atoms with van der Waals surface area (Å²) in [6.07, 6.45) is 2.69. The molecule has 120 valence electrons. The summed E-state index contributed by atoms with van der Waals surface area (Å²) in [6.45, 7) is 0.0418. The number of carbonyl (C=O) groups excluding carboxylic acids is 2. The lowest BCUT2D eigenvalue weighted by Gasteiger charge is -2.17. The van der Waals surface area contributed by atoms with Gasteiger partial charge >= 0.3 is 0 Å². The lowest BCUT2D eigenvalue weighted by Crippen LogP contribution is -2.35. The lowest BCUT2D eigenvalue weighted by atomic mass is 9.85. The lowest BCUT2D eigenvalue weighted by molar-refractivity contribution is -0.384. The summed E-state index contributed by atoms with van der Waals surface area (Å²) >= 11 is 5.97. The van der Waals surface area contributed by atoms with Crippen LogP contribution in [0, 0.1) is 22.0 Å². The van der Waals surface area contributed by atoms with Crippen LogP contribution in [0.5, 0.6) is 0 Å². The molecule has 0 aromatic heterocycles. The van der Waals surface area contributed by atoms with Crippen molar-refractivity contribution in [3.8, 4) is 0 Å². The van der Waals surface area contributed by atoms with E-state index in [4.69, 9.17) is 11.6 Å². The van der Waals surface area contributed by atoms with Crippen molar-refractivity contribution in [2.45, 2.75) is 12.8 Å². The Bertz CT molecular complexity index is 701. The van der Waals surface area contributed by atoms with Crippen molar-refractivity contribution >= 4 is 34.8 Å². The largest absolute Gasteiger partial charge is 0.367 e. The number of hydrogen-bond acceptors (Lipinski definition) is 5. The third-order valence-electron chi connectivity index (χ3n) is 4.18. The summed E-state index contributed by atoms with van der Waals surface area (Å²) in [6, 6.07) is 5.79. The van der Waals surface area contributed by atoms with Crippen LogP contribution >= 0.6 is 11.6 Å². The molecule has 1 aliphatic carbocycles. The highest BCUT2D eigenvalue weighted by atomic mass is 35.5. The molecule has 8 heteroatoms. The van der Waals surface area contributed by atoms with E-state index in [1.165, 1.54) is 29.2 Å². The number of non-ortho nitro benzene ring substituents is 1. The standard InChI is InChI=1S/C15H14ClN3O4/c16-9-1-6-12-13(7-9)15(21)18(14(12)20)8-17-10-2-4-11(5-3-10)19(22)23/h1-5,12-13,17H,6-8H2/t12-,13-/m1/s1. The second-order valence-corrected chi connectivity index (χ2v) is 6.03. The van der Waals surface area contributed by atoms with E-state index in [1.54, 1.807) is 6.08 Å². The Morgan fingerprint density at radius 1 is 1.22 bits per heavy atom. The number of nitro groups is 1. The van der Waals surface area contributed by atoms with Gasteiger partial charge in [-0.25, -0.2) is 0 Å². The predicted octanol–water partition coefficient (Wildman–Crippen LogP) is 2.48. The molecule has 0 unspecified atom stereocenters. The first kappa shape index (κ1) is 15.5. The van der Waals surface area contributed by atoms with Gasteiger partial charge in [0.1, 0.15) is 0 Å². The number of nitro benzene ring substituents is 1. The summed E-state index contributed by atoms with van der Waals surface area (Å²) < 4.78 is 0. The Kier molecular flexibility index (Phi) is 4.04. The molecule has 2 atom stereocenters. The molecule has 2 aliphatic rings. The summed E-state index contributed by atoms with van der Waals surface area (Å²) in [4.78, 5) is 36.0. The summed E-state index contributed by atoms with van der Waals surface area (Å²) in [5.41, 5.74) is 0.581. The average molecular weight is 336 g/mol. The first-order chi connectivity index (χ1) is 11.0. The number of imide groups is 1. The van der Waals surface area contributed by atoms with Gasteiger partial charge in [0.2, 0.25) is 11.8 Å².